The van der Waals surface area contributed by atoms with Gasteiger partial charge >= 0.3 is 0 Å². The number of allylic oxidation sites excluding steroid dienone is 3. The Morgan fingerprint density at radius 1 is 1.19 bits per heavy atom. The van der Waals surface area contributed by atoms with Crippen LogP contribution in [0.5, 0.6) is 0 Å². The van der Waals surface area contributed by atoms with Gasteiger partial charge in [-0.3, -0.25) is 9.69 Å². The molecule has 3 nitrogen and oxygen atoms in total. The minimum absolute atomic E-state index is 0.288. The molecule has 2 heterocycles. The molecule has 4 heteroatoms. The quantitative estimate of drug-likeness (QED) is 0.424. The first-order valence-corrected chi connectivity index (χ1v) is 11.8. The van der Waals surface area contributed by atoms with E-state index in [1.165, 1.54) is 30.0 Å². The number of halogens is 1. The Morgan fingerprint density at radius 3 is 2.65 bits per heavy atom. The predicted octanol–water partition coefficient (Wildman–Crippen LogP) is 5.43. The Morgan fingerprint density at radius 2 is 1.94 bits per heavy atom. The van der Waals surface area contributed by atoms with Crippen molar-refractivity contribution in [3.63, 3.8) is 0 Å². The molecule has 2 aliphatic heterocycles. The highest BCUT2D eigenvalue weighted by atomic mass is 19.1. The Labute approximate surface area is 187 Å². The van der Waals surface area contributed by atoms with E-state index in [-0.39, 0.29) is 5.78 Å². The third-order valence-electron chi connectivity index (χ3n) is 6.65. The van der Waals surface area contributed by atoms with Gasteiger partial charge in [0.05, 0.1) is 0 Å². The van der Waals surface area contributed by atoms with Gasteiger partial charge in [0.25, 0.3) is 0 Å². The lowest BCUT2D eigenvalue weighted by Gasteiger charge is -2.32. The molecule has 1 aromatic carbocycles. The van der Waals surface area contributed by atoms with E-state index in [4.69, 9.17) is 0 Å². The molecule has 0 aliphatic carbocycles. The molecule has 0 amide bonds. The van der Waals surface area contributed by atoms with Crippen molar-refractivity contribution in [2.45, 2.75) is 51.9 Å². The van der Waals surface area contributed by atoms with Gasteiger partial charge in [-0.15, -0.1) is 0 Å². The Hall–Kier alpha value is -2.04. The number of hydrogen-bond donors (Lipinski definition) is 1. The average Bonchev–Trinajstić information content (AvgIpc) is 3.02. The molecule has 0 aromatic heterocycles. The predicted molar refractivity (Wildman–Crippen MR) is 127 cm³/mol. The van der Waals surface area contributed by atoms with Crippen molar-refractivity contribution in [1.29, 1.82) is 0 Å². The lowest BCUT2D eigenvalue weighted by molar-refractivity contribution is 0.0974. The number of carbonyl (C=O) groups excluding carboxylic acids is 1. The highest BCUT2D eigenvalue weighted by molar-refractivity contribution is 5.96. The van der Waals surface area contributed by atoms with Gasteiger partial charge in [0.2, 0.25) is 0 Å². The van der Waals surface area contributed by atoms with Crippen LogP contribution in [0.4, 0.5) is 4.39 Å². The number of Topliss-reactive ketones (excluding diaryl/α,β-unsaturated/α-hetero) is 1. The van der Waals surface area contributed by atoms with Gasteiger partial charge in [-0.1, -0.05) is 30.9 Å². The average molecular weight is 425 g/mol. The maximum Gasteiger partial charge on any atom is 0.162 e. The van der Waals surface area contributed by atoms with Crippen LogP contribution in [0.25, 0.3) is 0 Å². The summed E-state index contributed by atoms with van der Waals surface area (Å²) in [5, 5.41) is 3.43. The van der Waals surface area contributed by atoms with Gasteiger partial charge in [0.1, 0.15) is 5.83 Å². The fraction of sp³-hybridized carbons (Fsp3) is 0.519. The van der Waals surface area contributed by atoms with Gasteiger partial charge in [-0.25, -0.2) is 4.39 Å². The normalized spacial score (nSPS) is 18.7. The summed E-state index contributed by atoms with van der Waals surface area (Å²) in [7, 11) is 0. The van der Waals surface area contributed by atoms with Crippen molar-refractivity contribution >= 4 is 5.78 Å². The zero-order chi connectivity index (χ0) is 22.1. The van der Waals surface area contributed by atoms with E-state index in [9.17, 15) is 9.18 Å². The van der Waals surface area contributed by atoms with E-state index in [1.54, 1.807) is 0 Å². The second kappa shape index (κ2) is 12.1. The van der Waals surface area contributed by atoms with Gasteiger partial charge in [-0.05, 0) is 106 Å². The lowest BCUT2D eigenvalue weighted by Crippen LogP contribution is -2.34. The minimum atomic E-state index is -0.407. The fourth-order valence-electron chi connectivity index (χ4n) is 4.67. The smallest absolute Gasteiger partial charge is 0.162 e. The van der Waals surface area contributed by atoms with E-state index >= 15 is 0 Å². The van der Waals surface area contributed by atoms with Crippen molar-refractivity contribution in [2.75, 3.05) is 32.7 Å². The number of benzene rings is 1. The summed E-state index contributed by atoms with van der Waals surface area (Å²) in [6.07, 6.45) is 12.5. The number of likely N-dealkylation sites (tertiary alicyclic amines) is 1. The first kappa shape index (κ1) is 23.6. The second-order valence-corrected chi connectivity index (χ2v) is 8.91. The molecule has 1 aromatic rings. The van der Waals surface area contributed by atoms with E-state index in [0.717, 1.165) is 69.5 Å². The van der Waals surface area contributed by atoms with Crippen LogP contribution in [-0.2, 0) is 12.8 Å². The zero-order valence-corrected chi connectivity index (χ0v) is 19.0. The SMILES string of the molecule is C=C(F)/C=C\C(=CC)CN1CCC(CCCC(=O)c2ccc3c(c2)CCNCC3)CC1. The largest absolute Gasteiger partial charge is 0.316 e. The Kier molecular flexibility index (Phi) is 9.23. The molecular weight excluding hydrogens is 387 g/mol. The first-order chi connectivity index (χ1) is 15.0. The second-order valence-electron chi connectivity index (χ2n) is 8.91. The van der Waals surface area contributed by atoms with Gasteiger partial charge < -0.3 is 5.32 Å². The summed E-state index contributed by atoms with van der Waals surface area (Å²) in [5.41, 5.74) is 4.74. The third-order valence-corrected chi connectivity index (χ3v) is 6.65. The highest BCUT2D eigenvalue weighted by Gasteiger charge is 2.20. The molecule has 0 radical (unpaired) electrons. The fourth-order valence-corrected chi connectivity index (χ4v) is 4.67. The number of nitrogens with zero attached hydrogens (tertiary/aromatic N) is 1. The standard InChI is InChI=1S/C27H37FN2O/c1-3-22(8-7-21(2)28)20-30-17-13-23(14-18-30)5-4-6-27(31)26-10-9-24-11-15-29-16-12-25(24)19-26/h3,7-10,19,23,29H,2,4-6,11-18,20H2,1H3/b8-7-,22-3?. The molecule has 168 valence electrons. The maximum absolute atomic E-state index is 12.9. The number of hydrogen-bond acceptors (Lipinski definition) is 3. The number of carbonyl (C=O) groups is 1. The van der Waals surface area contributed by atoms with Crippen LogP contribution in [0.2, 0.25) is 0 Å². The van der Waals surface area contributed by atoms with E-state index in [1.807, 2.05) is 25.1 Å². The van der Waals surface area contributed by atoms with Crippen LogP contribution in [0, 0.1) is 5.92 Å². The van der Waals surface area contributed by atoms with E-state index in [2.05, 4.69) is 28.9 Å². The topological polar surface area (TPSA) is 32.3 Å². The van der Waals surface area contributed by atoms with Crippen molar-refractivity contribution in [3.8, 4) is 0 Å². The molecule has 1 saturated heterocycles. The summed E-state index contributed by atoms with van der Waals surface area (Å²) < 4.78 is 12.9. The molecular formula is C27H37FN2O. The van der Waals surface area contributed by atoms with Crippen LogP contribution in [0.15, 0.2) is 54.4 Å². The van der Waals surface area contributed by atoms with E-state index < -0.39 is 5.83 Å². The monoisotopic (exact) mass is 424 g/mol. The number of rotatable bonds is 9. The number of nitrogens with one attached hydrogen (secondary N) is 1. The summed E-state index contributed by atoms with van der Waals surface area (Å²) in [6, 6.07) is 6.31. The van der Waals surface area contributed by atoms with Crippen LogP contribution < -0.4 is 5.32 Å². The molecule has 3 rings (SSSR count). The van der Waals surface area contributed by atoms with E-state index in [0.29, 0.717) is 12.3 Å². The van der Waals surface area contributed by atoms with Crippen molar-refractivity contribution in [1.82, 2.24) is 10.2 Å². The summed E-state index contributed by atoms with van der Waals surface area (Å²) >= 11 is 0. The molecule has 0 bridgehead atoms. The van der Waals surface area contributed by atoms with Crippen LogP contribution in [0.1, 0.15) is 60.5 Å². The summed E-state index contributed by atoms with van der Waals surface area (Å²) in [5.74, 6) is 0.587. The molecule has 0 saturated carbocycles. The first-order valence-electron chi connectivity index (χ1n) is 11.8. The molecule has 2 aliphatic rings. The molecule has 0 unspecified atom stereocenters. The number of ketones is 1. The highest BCUT2D eigenvalue weighted by Crippen LogP contribution is 2.24. The number of piperidine rings is 1. The molecule has 31 heavy (non-hydrogen) atoms. The van der Waals surface area contributed by atoms with Gasteiger partial charge in [0, 0.05) is 18.5 Å². The minimum Gasteiger partial charge on any atom is -0.316 e. The molecule has 0 atom stereocenters. The lowest BCUT2D eigenvalue weighted by atomic mass is 9.90. The van der Waals surface area contributed by atoms with Crippen LogP contribution >= 0.6 is 0 Å². The van der Waals surface area contributed by atoms with Crippen LogP contribution in [-0.4, -0.2) is 43.4 Å². The molecule has 0 spiro atoms. The molecule has 1 fully saturated rings. The van der Waals surface area contributed by atoms with Gasteiger partial charge in [0.15, 0.2) is 5.78 Å². The Bertz CT molecular complexity index is 819. The third kappa shape index (κ3) is 7.55. The van der Waals surface area contributed by atoms with Gasteiger partial charge in [-0.2, -0.15) is 0 Å². The molecule has 1 N–H and O–H groups in total. The zero-order valence-electron chi connectivity index (χ0n) is 19.0. The Balaban J connectivity index is 1.39. The van der Waals surface area contributed by atoms with Crippen molar-refractivity contribution in [3.05, 3.63) is 71.1 Å². The summed E-state index contributed by atoms with van der Waals surface area (Å²) in [4.78, 5) is 15.1. The van der Waals surface area contributed by atoms with Crippen molar-refractivity contribution < 1.29 is 9.18 Å². The van der Waals surface area contributed by atoms with Crippen molar-refractivity contribution in [2.24, 2.45) is 5.92 Å². The summed E-state index contributed by atoms with van der Waals surface area (Å²) in [6.45, 7) is 10.3. The maximum atomic E-state index is 12.9. The van der Waals surface area contributed by atoms with Crippen LogP contribution in [0.3, 0.4) is 0 Å². The number of fused-ring (bicyclic) bond motifs is 1.